The maximum atomic E-state index is 11.6. The van der Waals surface area contributed by atoms with E-state index in [-0.39, 0.29) is 23.3 Å². The predicted octanol–water partition coefficient (Wildman–Crippen LogP) is -0.0562. The van der Waals surface area contributed by atoms with Crippen molar-refractivity contribution < 1.29 is 4.79 Å². The fourth-order valence-corrected chi connectivity index (χ4v) is 1.91. The second-order valence-corrected chi connectivity index (χ2v) is 4.03. The van der Waals surface area contributed by atoms with Gasteiger partial charge in [-0.1, -0.05) is 0 Å². The molecule has 3 N–H and O–H groups in total. The lowest BCUT2D eigenvalue weighted by atomic mass is 10.1. The number of nitrogens with one attached hydrogen (secondary N) is 1. The molecule has 16 heavy (non-hydrogen) atoms. The number of rotatable bonds is 2. The van der Waals surface area contributed by atoms with Crippen LogP contribution >= 0.6 is 11.6 Å². The summed E-state index contributed by atoms with van der Waals surface area (Å²) in [7, 11) is 0. The van der Waals surface area contributed by atoms with Gasteiger partial charge in [-0.15, -0.1) is 11.6 Å². The molecule has 1 aromatic rings. The topological polar surface area (TPSA) is 92.1 Å². The standard InChI is InChI=1S/C9H11ClN4O2/c10-3-5-1-8(16)14(4-5)6-2-7(15)13-9(11)12-6/h2,5H,1,3-4H2,(H3,11,12,13,15). The number of nitrogen functional groups attached to an aromatic ring is 1. The molecule has 0 aromatic carbocycles. The number of carbonyl (C=O) groups excluding carboxylic acids is 1. The molecule has 0 bridgehead atoms. The van der Waals surface area contributed by atoms with Gasteiger partial charge in [-0.2, -0.15) is 4.98 Å². The molecule has 1 aromatic heterocycles. The number of H-pyrrole nitrogens is 1. The zero-order chi connectivity index (χ0) is 11.7. The average Bonchev–Trinajstić information content (AvgIpc) is 2.58. The van der Waals surface area contributed by atoms with Gasteiger partial charge in [0.2, 0.25) is 11.9 Å². The quantitative estimate of drug-likeness (QED) is 0.711. The van der Waals surface area contributed by atoms with Crippen molar-refractivity contribution in [2.24, 2.45) is 5.92 Å². The number of hydrogen-bond acceptors (Lipinski definition) is 4. The number of aromatic nitrogens is 2. The van der Waals surface area contributed by atoms with E-state index in [1.165, 1.54) is 11.0 Å². The molecule has 0 aliphatic carbocycles. The first kappa shape index (κ1) is 10.9. The lowest BCUT2D eigenvalue weighted by molar-refractivity contribution is -0.117. The highest BCUT2D eigenvalue weighted by Gasteiger charge is 2.31. The Morgan fingerprint density at radius 1 is 1.62 bits per heavy atom. The fraction of sp³-hybridized carbons (Fsp3) is 0.444. The number of halogens is 1. The SMILES string of the molecule is Nc1nc(N2CC(CCl)CC2=O)cc(=O)[nH]1. The molecule has 1 amide bonds. The predicted molar refractivity (Wildman–Crippen MR) is 60.5 cm³/mol. The molecule has 0 radical (unpaired) electrons. The summed E-state index contributed by atoms with van der Waals surface area (Å²) in [5.41, 5.74) is 5.04. The summed E-state index contributed by atoms with van der Waals surface area (Å²) < 4.78 is 0. The molecule has 1 aliphatic heterocycles. The van der Waals surface area contributed by atoms with Gasteiger partial charge in [-0.05, 0) is 5.92 Å². The Balaban J connectivity index is 2.31. The molecule has 2 heterocycles. The summed E-state index contributed by atoms with van der Waals surface area (Å²) in [4.78, 5) is 30.5. The maximum Gasteiger partial charge on any atom is 0.254 e. The number of hydrogen-bond donors (Lipinski definition) is 2. The van der Waals surface area contributed by atoms with Crippen LogP contribution in [0.3, 0.4) is 0 Å². The van der Waals surface area contributed by atoms with Crippen molar-refractivity contribution in [3.63, 3.8) is 0 Å². The summed E-state index contributed by atoms with van der Waals surface area (Å²) in [5.74, 6) is 0.740. The first-order valence-electron chi connectivity index (χ1n) is 4.83. The van der Waals surface area contributed by atoms with Gasteiger partial charge in [0.05, 0.1) is 0 Å². The molecular weight excluding hydrogens is 232 g/mol. The van der Waals surface area contributed by atoms with E-state index in [0.717, 1.165) is 0 Å². The molecular formula is C9H11ClN4O2. The zero-order valence-corrected chi connectivity index (χ0v) is 9.20. The molecule has 7 heteroatoms. The van der Waals surface area contributed by atoms with Gasteiger partial charge in [-0.3, -0.25) is 19.5 Å². The number of nitrogens with zero attached hydrogens (tertiary/aromatic N) is 2. The highest BCUT2D eigenvalue weighted by molar-refractivity contribution is 6.18. The van der Waals surface area contributed by atoms with Gasteiger partial charge in [0.25, 0.3) is 5.56 Å². The van der Waals surface area contributed by atoms with Crippen LogP contribution in [-0.4, -0.2) is 28.3 Å². The minimum Gasteiger partial charge on any atom is -0.369 e. The minimum absolute atomic E-state index is 0.00428. The fourth-order valence-electron chi connectivity index (χ4n) is 1.71. The lowest BCUT2D eigenvalue weighted by Gasteiger charge is -2.14. The van der Waals surface area contributed by atoms with Crippen LogP contribution in [0.4, 0.5) is 11.8 Å². The van der Waals surface area contributed by atoms with Crippen LogP contribution < -0.4 is 16.2 Å². The second-order valence-electron chi connectivity index (χ2n) is 3.72. The van der Waals surface area contributed by atoms with Gasteiger partial charge in [0.1, 0.15) is 5.82 Å². The van der Waals surface area contributed by atoms with E-state index in [4.69, 9.17) is 17.3 Å². The molecule has 6 nitrogen and oxygen atoms in total. The third-order valence-corrected chi connectivity index (χ3v) is 2.88. The summed E-state index contributed by atoms with van der Waals surface area (Å²) >= 11 is 5.70. The average molecular weight is 243 g/mol. The van der Waals surface area contributed by atoms with E-state index >= 15 is 0 Å². The van der Waals surface area contributed by atoms with Crippen molar-refractivity contribution in [1.82, 2.24) is 9.97 Å². The van der Waals surface area contributed by atoms with Gasteiger partial charge in [-0.25, -0.2) is 0 Å². The Kier molecular flexibility index (Phi) is 2.82. The van der Waals surface area contributed by atoms with E-state index in [2.05, 4.69) is 9.97 Å². The molecule has 1 fully saturated rings. The normalized spacial score (nSPS) is 20.4. The van der Waals surface area contributed by atoms with E-state index in [1.54, 1.807) is 0 Å². The number of anilines is 2. The lowest BCUT2D eigenvalue weighted by Crippen LogP contribution is -2.27. The Labute approximate surface area is 96.4 Å². The molecule has 1 unspecified atom stereocenters. The van der Waals surface area contributed by atoms with E-state index in [9.17, 15) is 9.59 Å². The second kappa shape index (κ2) is 4.13. The molecule has 2 rings (SSSR count). The van der Waals surface area contributed by atoms with Gasteiger partial charge in [0.15, 0.2) is 0 Å². The third-order valence-electron chi connectivity index (χ3n) is 2.45. The van der Waals surface area contributed by atoms with Crippen molar-refractivity contribution in [3.8, 4) is 0 Å². The Morgan fingerprint density at radius 2 is 2.38 bits per heavy atom. The zero-order valence-electron chi connectivity index (χ0n) is 8.44. The van der Waals surface area contributed by atoms with E-state index in [0.29, 0.717) is 24.7 Å². The highest BCUT2D eigenvalue weighted by atomic mass is 35.5. The maximum absolute atomic E-state index is 11.6. The van der Waals surface area contributed by atoms with Crippen molar-refractivity contribution in [2.45, 2.75) is 6.42 Å². The molecule has 1 aliphatic rings. The summed E-state index contributed by atoms with van der Waals surface area (Å²) in [6.07, 6.45) is 0.387. The first-order valence-corrected chi connectivity index (χ1v) is 5.37. The number of alkyl halides is 1. The largest absolute Gasteiger partial charge is 0.369 e. The summed E-state index contributed by atoms with van der Waals surface area (Å²) in [6.45, 7) is 0.484. The van der Waals surface area contributed by atoms with Crippen LogP contribution in [0.5, 0.6) is 0 Å². The molecule has 1 saturated heterocycles. The smallest absolute Gasteiger partial charge is 0.254 e. The van der Waals surface area contributed by atoms with Crippen LogP contribution in [-0.2, 0) is 4.79 Å². The van der Waals surface area contributed by atoms with Crippen LogP contribution in [0.1, 0.15) is 6.42 Å². The number of aromatic amines is 1. The monoisotopic (exact) mass is 242 g/mol. The van der Waals surface area contributed by atoms with Crippen molar-refractivity contribution >= 4 is 29.3 Å². The Hall–Kier alpha value is -1.56. The highest BCUT2D eigenvalue weighted by Crippen LogP contribution is 2.23. The minimum atomic E-state index is -0.371. The van der Waals surface area contributed by atoms with Crippen LogP contribution in [0.25, 0.3) is 0 Å². The van der Waals surface area contributed by atoms with Crippen molar-refractivity contribution in [1.29, 1.82) is 0 Å². The number of amides is 1. The molecule has 0 spiro atoms. The van der Waals surface area contributed by atoms with Gasteiger partial charge >= 0.3 is 0 Å². The summed E-state index contributed by atoms with van der Waals surface area (Å²) in [6, 6.07) is 1.25. The number of nitrogens with two attached hydrogens (primary N) is 1. The molecule has 0 saturated carbocycles. The van der Waals surface area contributed by atoms with Crippen LogP contribution in [0.15, 0.2) is 10.9 Å². The first-order chi connectivity index (χ1) is 7.60. The summed E-state index contributed by atoms with van der Waals surface area (Å²) in [5, 5.41) is 0. The van der Waals surface area contributed by atoms with Crippen LogP contribution in [0, 0.1) is 5.92 Å². The Morgan fingerprint density at radius 3 is 2.94 bits per heavy atom. The van der Waals surface area contributed by atoms with Crippen molar-refractivity contribution in [2.75, 3.05) is 23.1 Å². The number of carbonyl (C=O) groups is 1. The van der Waals surface area contributed by atoms with Gasteiger partial charge < -0.3 is 5.73 Å². The molecule has 86 valence electrons. The molecule has 1 atom stereocenters. The van der Waals surface area contributed by atoms with E-state index < -0.39 is 0 Å². The van der Waals surface area contributed by atoms with Crippen LogP contribution in [0.2, 0.25) is 0 Å². The van der Waals surface area contributed by atoms with Gasteiger partial charge in [0, 0.05) is 24.9 Å². The Bertz CT molecular complexity index is 473. The van der Waals surface area contributed by atoms with E-state index in [1.807, 2.05) is 0 Å². The van der Waals surface area contributed by atoms with Crippen molar-refractivity contribution in [3.05, 3.63) is 16.4 Å². The third kappa shape index (κ3) is 2.01.